The Labute approximate surface area is 116 Å². The van der Waals surface area contributed by atoms with Crippen LogP contribution < -0.4 is 4.90 Å². The number of rotatable bonds is 4. The van der Waals surface area contributed by atoms with Crippen molar-refractivity contribution in [1.82, 2.24) is 4.98 Å². The van der Waals surface area contributed by atoms with Gasteiger partial charge in [-0.2, -0.15) is 16.7 Å². The zero-order chi connectivity index (χ0) is 13.2. The molecule has 0 N–H and O–H groups in total. The Kier molecular flexibility index (Phi) is 4.45. The van der Waals surface area contributed by atoms with E-state index < -0.39 is 15.2 Å². The van der Waals surface area contributed by atoms with Gasteiger partial charge in [-0.05, 0) is 0 Å². The first-order valence-corrected chi connectivity index (χ1v) is 9.05. The minimum Gasteiger partial charge on any atom is -0.432 e. The number of aromatic nitrogens is 1. The Hall–Kier alpha value is -0.400. The van der Waals surface area contributed by atoms with Crippen molar-refractivity contribution in [3.63, 3.8) is 0 Å². The molecule has 18 heavy (non-hydrogen) atoms. The van der Waals surface area contributed by atoms with Crippen LogP contribution in [0, 0.1) is 0 Å². The maximum atomic E-state index is 12.1. The van der Waals surface area contributed by atoms with E-state index in [2.05, 4.69) is 4.98 Å². The predicted octanol–water partition coefficient (Wildman–Crippen LogP) is 1.73. The lowest BCUT2D eigenvalue weighted by atomic mass is 10.5. The third-order valence-electron chi connectivity index (χ3n) is 2.82. The summed E-state index contributed by atoms with van der Waals surface area (Å²) in [5, 5.41) is -0.553. The number of halogens is 1. The molecule has 2 rings (SSSR count). The summed E-state index contributed by atoms with van der Waals surface area (Å²) in [6.07, 6.45) is 1.47. The molecule has 1 aromatic rings. The van der Waals surface area contributed by atoms with Gasteiger partial charge in [-0.15, -0.1) is 11.6 Å². The molecule has 1 saturated heterocycles. The maximum Gasteiger partial charge on any atom is 0.298 e. The Morgan fingerprint density at radius 3 is 3.06 bits per heavy atom. The average molecular weight is 311 g/mol. The fourth-order valence-corrected chi connectivity index (χ4v) is 4.86. The lowest BCUT2D eigenvalue weighted by Crippen LogP contribution is -2.48. The number of hydrogen-bond acceptors (Lipinski definition) is 6. The van der Waals surface area contributed by atoms with Gasteiger partial charge in [0.05, 0.1) is 11.6 Å². The molecule has 1 aliphatic rings. The molecule has 1 unspecified atom stereocenters. The molecule has 1 fully saturated rings. The van der Waals surface area contributed by atoms with Gasteiger partial charge in [0.25, 0.3) is 6.01 Å². The van der Waals surface area contributed by atoms with Crippen molar-refractivity contribution >= 4 is 39.2 Å². The van der Waals surface area contributed by atoms with Gasteiger partial charge in [0.15, 0.2) is 9.84 Å². The number of hydrogen-bond donors (Lipinski definition) is 0. The number of oxazole rings is 1. The predicted molar refractivity (Wildman–Crippen MR) is 74.0 cm³/mol. The molecule has 0 aromatic carbocycles. The summed E-state index contributed by atoms with van der Waals surface area (Å²) in [5.41, 5.74) is 0.623. The fraction of sp³-hybridized carbons (Fsp3) is 0.700. The van der Waals surface area contributed by atoms with Crippen molar-refractivity contribution in [2.75, 3.05) is 28.7 Å². The van der Waals surface area contributed by atoms with E-state index in [0.717, 1.165) is 5.75 Å². The quantitative estimate of drug-likeness (QED) is 0.789. The highest BCUT2D eigenvalue weighted by Gasteiger charge is 2.35. The molecule has 0 amide bonds. The zero-order valence-electron chi connectivity index (χ0n) is 10.0. The molecular formula is C10H15ClN2O3S2. The Balaban J connectivity index is 2.28. The average Bonchev–Trinajstić information content (AvgIpc) is 2.87. The summed E-state index contributed by atoms with van der Waals surface area (Å²) in [6.45, 7) is 2.28. The Bertz CT molecular complexity index is 503. The molecule has 5 nitrogen and oxygen atoms in total. The van der Waals surface area contributed by atoms with Crippen LogP contribution in [-0.4, -0.2) is 42.6 Å². The molecule has 0 spiro atoms. The summed E-state index contributed by atoms with van der Waals surface area (Å²) in [7, 11) is -3.14. The summed E-state index contributed by atoms with van der Waals surface area (Å²) in [4.78, 5) is 5.93. The van der Waals surface area contributed by atoms with Gasteiger partial charge >= 0.3 is 0 Å². The summed E-state index contributed by atoms with van der Waals surface area (Å²) in [5.74, 6) is 1.80. The second kappa shape index (κ2) is 5.71. The van der Waals surface area contributed by atoms with Crippen LogP contribution >= 0.6 is 23.4 Å². The van der Waals surface area contributed by atoms with E-state index in [4.69, 9.17) is 16.0 Å². The summed E-state index contributed by atoms with van der Waals surface area (Å²) >= 11 is 7.31. The minimum atomic E-state index is -3.14. The number of nitrogens with zero attached hydrogens (tertiary/aromatic N) is 2. The van der Waals surface area contributed by atoms with Crippen molar-refractivity contribution < 1.29 is 12.8 Å². The van der Waals surface area contributed by atoms with E-state index in [1.807, 2.05) is 0 Å². The van der Waals surface area contributed by atoms with E-state index in [9.17, 15) is 8.42 Å². The first kappa shape index (κ1) is 14.0. The SMILES string of the molecule is CCS(=O)(=O)C1CSCCN1c1nc(CCl)co1. The highest BCUT2D eigenvalue weighted by Crippen LogP contribution is 2.27. The zero-order valence-corrected chi connectivity index (χ0v) is 12.4. The smallest absolute Gasteiger partial charge is 0.298 e. The summed E-state index contributed by atoms with van der Waals surface area (Å²) < 4.78 is 29.4. The van der Waals surface area contributed by atoms with Crippen molar-refractivity contribution in [1.29, 1.82) is 0 Å². The molecule has 0 aliphatic carbocycles. The van der Waals surface area contributed by atoms with E-state index >= 15 is 0 Å². The molecule has 0 bridgehead atoms. The van der Waals surface area contributed by atoms with Gasteiger partial charge in [0, 0.05) is 23.8 Å². The number of alkyl halides is 1. The monoisotopic (exact) mass is 310 g/mol. The topological polar surface area (TPSA) is 63.4 Å². The van der Waals surface area contributed by atoms with Gasteiger partial charge in [0.2, 0.25) is 0 Å². The Morgan fingerprint density at radius 2 is 2.44 bits per heavy atom. The van der Waals surface area contributed by atoms with Crippen molar-refractivity contribution in [2.24, 2.45) is 0 Å². The molecular weight excluding hydrogens is 296 g/mol. The maximum absolute atomic E-state index is 12.1. The van der Waals surface area contributed by atoms with Crippen LogP contribution in [-0.2, 0) is 15.7 Å². The Morgan fingerprint density at radius 1 is 1.67 bits per heavy atom. The molecule has 0 saturated carbocycles. The minimum absolute atomic E-state index is 0.123. The van der Waals surface area contributed by atoms with Crippen molar-refractivity contribution in [2.45, 2.75) is 18.2 Å². The highest BCUT2D eigenvalue weighted by atomic mass is 35.5. The van der Waals surface area contributed by atoms with E-state index in [-0.39, 0.29) is 11.6 Å². The molecule has 102 valence electrons. The van der Waals surface area contributed by atoms with Crippen LogP contribution in [0.1, 0.15) is 12.6 Å². The van der Waals surface area contributed by atoms with Gasteiger partial charge in [0.1, 0.15) is 11.6 Å². The van der Waals surface area contributed by atoms with Crippen LogP contribution in [0.4, 0.5) is 6.01 Å². The third-order valence-corrected chi connectivity index (χ3v) is 6.39. The first-order chi connectivity index (χ1) is 8.58. The van der Waals surface area contributed by atoms with Crippen LogP contribution in [0.2, 0.25) is 0 Å². The third kappa shape index (κ3) is 2.78. The van der Waals surface area contributed by atoms with E-state index in [1.165, 1.54) is 6.26 Å². The molecule has 1 aliphatic heterocycles. The molecule has 1 atom stereocenters. The lowest BCUT2D eigenvalue weighted by Gasteiger charge is -2.33. The standard InChI is InChI=1S/C10H15ClN2O3S2/c1-2-18(14,15)9-7-17-4-3-13(9)10-12-8(5-11)6-16-10/h6,9H,2-5,7H2,1H3. The number of thioether (sulfide) groups is 1. The van der Waals surface area contributed by atoms with E-state index in [1.54, 1.807) is 23.6 Å². The molecule has 1 aromatic heterocycles. The lowest BCUT2D eigenvalue weighted by molar-refractivity contribution is 0.521. The molecule has 8 heteroatoms. The number of anilines is 1. The van der Waals surface area contributed by atoms with Gasteiger partial charge in [-0.25, -0.2) is 8.42 Å². The number of sulfone groups is 1. The molecule has 2 heterocycles. The van der Waals surface area contributed by atoms with Crippen LogP contribution in [0.3, 0.4) is 0 Å². The van der Waals surface area contributed by atoms with Crippen LogP contribution in [0.5, 0.6) is 0 Å². The molecule has 0 radical (unpaired) electrons. The first-order valence-electron chi connectivity index (χ1n) is 5.64. The highest BCUT2D eigenvalue weighted by molar-refractivity contribution is 8.01. The van der Waals surface area contributed by atoms with Gasteiger partial charge < -0.3 is 9.32 Å². The van der Waals surface area contributed by atoms with Crippen molar-refractivity contribution in [3.05, 3.63) is 12.0 Å². The normalized spacial score (nSPS) is 21.2. The largest absolute Gasteiger partial charge is 0.432 e. The summed E-state index contributed by atoms with van der Waals surface area (Å²) in [6, 6.07) is 0.355. The second-order valence-electron chi connectivity index (χ2n) is 3.93. The fourth-order valence-electron chi connectivity index (χ4n) is 1.78. The van der Waals surface area contributed by atoms with Crippen molar-refractivity contribution in [3.8, 4) is 0 Å². The van der Waals surface area contributed by atoms with Gasteiger partial charge in [-0.3, -0.25) is 0 Å². The van der Waals surface area contributed by atoms with Crippen LogP contribution in [0.25, 0.3) is 0 Å². The van der Waals surface area contributed by atoms with Gasteiger partial charge in [-0.1, -0.05) is 6.92 Å². The van der Waals surface area contributed by atoms with Crippen LogP contribution in [0.15, 0.2) is 10.7 Å². The van der Waals surface area contributed by atoms with E-state index in [0.29, 0.717) is 24.0 Å². The second-order valence-corrected chi connectivity index (χ2v) is 7.79.